The van der Waals surface area contributed by atoms with Crippen molar-refractivity contribution in [2.75, 3.05) is 29.6 Å². The number of nitrogen functional groups attached to an aromatic ring is 1. The van der Waals surface area contributed by atoms with Gasteiger partial charge in [0, 0.05) is 44.0 Å². The van der Waals surface area contributed by atoms with Gasteiger partial charge in [-0.05, 0) is 79.7 Å². The molecule has 0 saturated heterocycles. The van der Waals surface area contributed by atoms with E-state index in [-0.39, 0.29) is 23.9 Å². The summed E-state index contributed by atoms with van der Waals surface area (Å²) in [4.78, 5) is 14.6. The fraction of sp³-hybridized carbons (Fsp3) is 0.538. The van der Waals surface area contributed by atoms with Crippen molar-refractivity contribution < 1.29 is 14.4 Å². The monoisotopic (exact) mass is 474 g/mol. The number of nitro groups is 1. The third-order valence-electron chi connectivity index (χ3n) is 5.17. The number of nitro benzene ring substituents is 1. The predicted molar refractivity (Wildman–Crippen MR) is 143 cm³/mol. The Morgan fingerprint density at radius 2 is 1.18 bits per heavy atom. The van der Waals surface area contributed by atoms with E-state index in [4.69, 9.17) is 15.2 Å². The molecule has 0 atom stereocenters. The van der Waals surface area contributed by atoms with Gasteiger partial charge < -0.3 is 25.0 Å². The number of non-ortho nitro benzene ring substituents is 1. The lowest BCUT2D eigenvalue weighted by Gasteiger charge is -2.27. The molecule has 0 unspecified atom stereocenters. The summed E-state index contributed by atoms with van der Waals surface area (Å²) in [6.07, 6.45) is 0.203. The maximum absolute atomic E-state index is 10.8. The van der Waals surface area contributed by atoms with Crippen molar-refractivity contribution >= 4 is 22.7 Å². The van der Waals surface area contributed by atoms with E-state index in [1.54, 1.807) is 12.1 Å². The standard InChI is InChI=1S/C13H20N2O3.C13H22N2O/c1-9(2)14(5)12-8-11(15(16)17)6-7-13(12)18-10(3)4;1-9(2)15(5)12-8-11(14)6-7-13(12)16-10(3)4/h6-10H,1-5H3;6-10H,14H2,1-5H3. The Labute approximate surface area is 204 Å². The van der Waals surface area contributed by atoms with Crippen LogP contribution in [0.4, 0.5) is 22.7 Å². The van der Waals surface area contributed by atoms with Gasteiger partial charge in [-0.1, -0.05) is 0 Å². The van der Waals surface area contributed by atoms with Crippen LogP contribution in [0.15, 0.2) is 36.4 Å². The summed E-state index contributed by atoms with van der Waals surface area (Å²) in [5.74, 6) is 1.56. The van der Waals surface area contributed by atoms with E-state index >= 15 is 0 Å². The van der Waals surface area contributed by atoms with E-state index in [9.17, 15) is 10.1 Å². The summed E-state index contributed by atoms with van der Waals surface area (Å²) in [7, 11) is 3.95. The molecule has 2 aromatic carbocycles. The molecule has 0 aliphatic carbocycles. The van der Waals surface area contributed by atoms with Crippen molar-refractivity contribution in [2.24, 2.45) is 0 Å². The van der Waals surface area contributed by atoms with E-state index in [2.05, 4.69) is 18.7 Å². The summed E-state index contributed by atoms with van der Waals surface area (Å²) >= 11 is 0. The average Bonchev–Trinajstić information content (AvgIpc) is 2.73. The number of hydrogen-bond acceptors (Lipinski definition) is 7. The molecule has 8 heteroatoms. The molecule has 0 aliphatic heterocycles. The Balaban J connectivity index is 0.000000342. The van der Waals surface area contributed by atoms with Gasteiger partial charge in [0.05, 0.1) is 28.5 Å². The first-order chi connectivity index (χ1) is 15.7. The van der Waals surface area contributed by atoms with Gasteiger partial charge in [0.1, 0.15) is 11.5 Å². The second-order valence-corrected chi connectivity index (χ2v) is 9.38. The lowest BCUT2D eigenvalue weighted by atomic mass is 10.2. The fourth-order valence-electron chi connectivity index (χ4n) is 2.97. The second-order valence-electron chi connectivity index (χ2n) is 9.38. The molecule has 0 spiro atoms. The van der Waals surface area contributed by atoms with Gasteiger partial charge in [-0.25, -0.2) is 0 Å². The molecule has 2 aromatic rings. The van der Waals surface area contributed by atoms with Gasteiger partial charge >= 0.3 is 0 Å². The maximum Gasteiger partial charge on any atom is 0.271 e. The third kappa shape index (κ3) is 8.65. The van der Waals surface area contributed by atoms with Crippen LogP contribution >= 0.6 is 0 Å². The lowest BCUT2D eigenvalue weighted by molar-refractivity contribution is -0.384. The first-order valence-corrected chi connectivity index (χ1v) is 11.7. The van der Waals surface area contributed by atoms with Crippen LogP contribution in [0.2, 0.25) is 0 Å². The largest absolute Gasteiger partial charge is 0.489 e. The molecular formula is C26H42N4O4. The van der Waals surface area contributed by atoms with E-state index in [1.165, 1.54) is 6.07 Å². The minimum Gasteiger partial charge on any atom is -0.489 e. The number of rotatable bonds is 9. The molecule has 0 bridgehead atoms. The smallest absolute Gasteiger partial charge is 0.271 e. The van der Waals surface area contributed by atoms with Gasteiger partial charge in [-0.3, -0.25) is 10.1 Å². The molecule has 0 amide bonds. The van der Waals surface area contributed by atoms with E-state index in [0.717, 1.165) is 22.8 Å². The van der Waals surface area contributed by atoms with Gasteiger partial charge in [0.2, 0.25) is 0 Å². The average molecular weight is 475 g/mol. The quantitative estimate of drug-likeness (QED) is 0.265. The third-order valence-corrected chi connectivity index (χ3v) is 5.17. The number of anilines is 3. The SMILES string of the molecule is CC(C)Oc1ccc(N)cc1N(C)C(C)C.CC(C)Oc1ccc([N+](=O)[O-])cc1N(C)C(C)C. The number of hydrogen-bond donors (Lipinski definition) is 1. The molecule has 34 heavy (non-hydrogen) atoms. The van der Waals surface area contributed by atoms with Crippen LogP contribution in [-0.2, 0) is 0 Å². The Morgan fingerprint density at radius 1 is 0.765 bits per heavy atom. The summed E-state index contributed by atoms with van der Waals surface area (Å²) in [5, 5.41) is 10.8. The maximum atomic E-state index is 10.8. The summed E-state index contributed by atoms with van der Waals surface area (Å²) in [6, 6.07) is 11.1. The highest BCUT2D eigenvalue weighted by Crippen LogP contribution is 2.34. The van der Waals surface area contributed by atoms with Crippen molar-refractivity contribution in [2.45, 2.75) is 79.7 Å². The zero-order valence-electron chi connectivity index (χ0n) is 22.3. The van der Waals surface area contributed by atoms with Crippen LogP contribution in [-0.4, -0.2) is 43.3 Å². The van der Waals surface area contributed by atoms with Gasteiger partial charge in [-0.2, -0.15) is 0 Å². The summed E-state index contributed by atoms with van der Waals surface area (Å²) in [5.41, 5.74) is 8.44. The molecule has 0 heterocycles. The van der Waals surface area contributed by atoms with Crippen molar-refractivity contribution in [3.05, 3.63) is 46.5 Å². The van der Waals surface area contributed by atoms with E-state index in [1.807, 2.05) is 78.7 Å². The molecule has 8 nitrogen and oxygen atoms in total. The van der Waals surface area contributed by atoms with Crippen molar-refractivity contribution in [3.8, 4) is 11.5 Å². The fourth-order valence-corrected chi connectivity index (χ4v) is 2.97. The van der Waals surface area contributed by atoms with Crippen LogP contribution in [0.1, 0.15) is 55.4 Å². The molecule has 0 saturated carbocycles. The van der Waals surface area contributed by atoms with Gasteiger partial charge in [0.15, 0.2) is 0 Å². The second kappa shape index (κ2) is 12.9. The summed E-state index contributed by atoms with van der Waals surface area (Å²) in [6.45, 7) is 16.2. The first-order valence-electron chi connectivity index (χ1n) is 11.7. The number of nitrogens with two attached hydrogens (primary N) is 1. The molecule has 0 aromatic heterocycles. The zero-order chi connectivity index (χ0) is 26.2. The summed E-state index contributed by atoms with van der Waals surface area (Å²) < 4.78 is 11.5. The zero-order valence-corrected chi connectivity index (χ0v) is 22.3. The Bertz CT molecular complexity index is 929. The highest BCUT2D eigenvalue weighted by atomic mass is 16.6. The predicted octanol–water partition coefficient (Wildman–Crippen LogP) is 6.13. The Kier molecular flexibility index (Phi) is 11.0. The van der Waals surface area contributed by atoms with Gasteiger partial charge in [0.25, 0.3) is 5.69 Å². The van der Waals surface area contributed by atoms with Crippen LogP contribution in [0.5, 0.6) is 11.5 Å². The Morgan fingerprint density at radius 3 is 1.56 bits per heavy atom. The van der Waals surface area contributed by atoms with Crippen LogP contribution in [0, 0.1) is 10.1 Å². The molecule has 2 rings (SSSR count). The van der Waals surface area contributed by atoms with Crippen molar-refractivity contribution in [1.29, 1.82) is 0 Å². The molecule has 0 fully saturated rings. The minimum atomic E-state index is -0.392. The normalized spacial score (nSPS) is 10.9. The van der Waals surface area contributed by atoms with E-state index in [0.29, 0.717) is 11.8 Å². The molecule has 0 aliphatic rings. The molecular weight excluding hydrogens is 432 g/mol. The van der Waals surface area contributed by atoms with Gasteiger partial charge in [-0.15, -0.1) is 0 Å². The first kappa shape index (κ1) is 28.9. The van der Waals surface area contributed by atoms with Crippen LogP contribution in [0.25, 0.3) is 0 Å². The minimum absolute atomic E-state index is 0.0331. The number of benzene rings is 2. The van der Waals surface area contributed by atoms with Crippen LogP contribution in [0.3, 0.4) is 0 Å². The lowest BCUT2D eigenvalue weighted by Crippen LogP contribution is -2.26. The highest BCUT2D eigenvalue weighted by molar-refractivity contribution is 5.65. The van der Waals surface area contributed by atoms with E-state index < -0.39 is 4.92 Å². The topological polar surface area (TPSA) is 94.1 Å². The molecule has 190 valence electrons. The molecule has 2 N–H and O–H groups in total. The van der Waals surface area contributed by atoms with Crippen molar-refractivity contribution in [1.82, 2.24) is 0 Å². The van der Waals surface area contributed by atoms with Crippen molar-refractivity contribution in [3.63, 3.8) is 0 Å². The number of nitrogens with zero attached hydrogens (tertiary/aromatic N) is 3. The highest BCUT2D eigenvalue weighted by Gasteiger charge is 2.17. The molecule has 0 radical (unpaired) electrons. The Hall–Kier alpha value is -3.16. The number of ether oxygens (including phenoxy) is 2. The van der Waals surface area contributed by atoms with Crippen LogP contribution < -0.4 is 25.0 Å².